The number of hydrogen-bond donors (Lipinski definition) is 1. The van der Waals surface area contributed by atoms with Gasteiger partial charge in [0.25, 0.3) is 0 Å². The molecule has 2 N–H and O–H groups in total. The van der Waals surface area contributed by atoms with Crippen molar-refractivity contribution in [1.82, 2.24) is 0 Å². The summed E-state index contributed by atoms with van der Waals surface area (Å²) >= 11 is 0. The maximum atomic E-state index is 13.7. The molecule has 1 aromatic carbocycles. The highest BCUT2D eigenvalue weighted by Gasteiger charge is 2.17. The number of hydrogen-bond acceptors (Lipinski definition) is 4. The van der Waals surface area contributed by atoms with Crippen LogP contribution in [0.3, 0.4) is 0 Å². The minimum absolute atomic E-state index is 0.0688. The van der Waals surface area contributed by atoms with Gasteiger partial charge in [-0.1, -0.05) is 0 Å². The molecule has 4 nitrogen and oxygen atoms in total. The minimum atomic E-state index is -0.418. The number of benzene rings is 1. The zero-order valence-electron chi connectivity index (χ0n) is 10.8. The molecule has 100 valence electrons. The summed E-state index contributed by atoms with van der Waals surface area (Å²) in [5.41, 5.74) is 7.12. The quantitative estimate of drug-likeness (QED) is 0.838. The Labute approximate surface area is 106 Å². The lowest BCUT2D eigenvalue weighted by Gasteiger charge is -2.30. The van der Waals surface area contributed by atoms with Gasteiger partial charge in [0.15, 0.2) is 11.6 Å². The van der Waals surface area contributed by atoms with E-state index in [9.17, 15) is 4.39 Å². The molecular weight excluding hydrogens is 235 g/mol. The molecular formula is C13H19FN2O2. The standard InChI is InChI=1S/C13H19FN2O2/c1-9(2)18-13-8-12(11(15)7-10(13)14)16-3-5-17-6-4-16/h7-9H,3-6,15H2,1-2H3. The molecule has 0 atom stereocenters. The van der Waals surface area contributed by atoms with E-state index in [0.29, 0.717) is 18.9 Å². The Balaban J connectivity index is 2.28. The first-order chi connectivity index (χ1) is 8.58. The van der Waals surface area contributed by atoms with E-state index in [0.717, 1.165) is 18.8 Å². The molecule has 0 aromatic heterocycles. The van der Waals surface area contributed by atoms with Crippen molar-refractivity contribution in [2.24, 2.45) is 0 Å². The molecule has 0 bridgehead atoms. The zero-order chi connectivity index (χ0) is 13.1. The maximum Gasteiger partial charge on any atom is 0.167 e. The molecule has 5 heteroatoms. The van der Waals surface area contributed by atoms with Crippen LogP contribution in [0.15, 0.2) is 12.1 Å². The van der Waals surface area contributed by atoms with Crippen LogP contribution in [0.25, 0.3) is 0 Å². The summed E-state index contributed by atoms with van der Waals surface area (Å²) in [7, 11) is 0. The molecule has 1 aliphatic rings. The van der Waals surface area contributed by atoms with Gasteiger partial charge in [0, 0.05) is 25.2 Å². The van der Waals surface area contributed by atoms with Crippen LogP contribution in [0.1, 0.15) is 13.8 Å². The zero-order valence-corrected chi connectivity index (χ0v) is 10.8. The first-order valence-electron chi connectivity index (χ1n) is 6.16. The fourth-order valence-electron chi connectivity index (χ4n) is 1.98. The number of anilines is 2. The molecule has 1 fully saturated rings. The van der Waals surface area contributed by atoms with Gasteiger partial charge in [-0.2, -0.15) is 0 Å². The lowest BCUT2D eigenvalue weighted by molar-refractivity contribution is 0.122. The second-order valence-electron chi connectivity index (χ2n) is 4.61. The van der Waals surface area contributed by atoms with Gasteiger partial charge in [0.05, 0.1) is 30.7 Å². The van der Waals surface area contributed by atoms with Crippen LogP contribution < -0.4 is 15.4 Å². The molecule has 0 saturated carbocycles. The predicted octanol–water partition coefficient (Wildman–Crippen LogP) is 2.03. The fourth-order valence-corrected chi connectivity index (χ4v) is 1.98. The van der Waals surface area contributed by atoms with Crippen molar-refractivity contribution in [2.45, 2.75) is 20.0 Å². The van der Waals surface area contributed by atoms with Crippen molar-refractivity contribution < 1.29 is 13.9 Å². The Hall–Kier alpha value is -1.49. The largest absolute Gasteiger partial charge is 0.488 e. The van der Waals surface area contributed by atoms with Crippen molar-refractivity contribution in [2.75, 3.05) is 36.9 Å². The van der Waals surface area contributed by atoms with E-state index >= 15 is 0 Å². The van der Waals surface area contributed by atoms with Gasteiger partial charge < -0.3 is 20.1 Å². The number of nitrogens with zero attached hydrogens (tertiary/aromatic N) is 1. The van der Waals surface area contributed by atoms with Crippen LogP contribution in [-0.2, 0) is 4.74 Å². The Bertz CT molecular complexity index is 418. The number of nitrogen functional groups attached to an aromatic ring is 1. The first kappa shape index (κ1) is 13.0. The molecule has 0 spiro atoms. The average molecular weight is 254 g/mol. The van der Waals surface area contributed by atoms with Crippen molar-refractivity contribution in [3.05, 3.63) is 17.9 Å². The van der Waals surface area contributed by atoms with Gasteiger partial charge >= 0.3 is 0 Å². The highest BCUT2D eigenvalue weighted by Crippen LogP contribution is 2.32. The molecule has 0 radical (unpaired) electrons. The number of nitrogens with two attached hydrogens (primary N) is 1. The molecule has 0 unspecified atom stereocenters. The third kappa shape index (κ3) is 2.85. The number of morpholine rings is 1. The van der Waals surface area contributed by atoms with E-state index in [1.165, 1.54) is 6.07 Å². The lowest BCUT2D eigenvalue weighted by atomic mass is 10.2. The third-order valence-corrected chi connectivity index (χ3v) is 2.80. The smallest absolute Gasteiger partial charge is 0.167 e. The SMILES string of the molecule is CC(C)Oc1cc(N2CCOCC2)c(N)cc1F. The third-order valence-electron chi connectivity index (χ3n) is 2.80. The second-order valence-corrected chi connectivity index (χ2v) is 4.61. The van der Waals surface area contributed by atoms with Crippen molar-refractivity contribution in [1.29, 1.82) is 0 Å². The van der Waals surface area contributed by atoms with Crippen molar-refractivity contribution in [3.8, 4) is 5.75 Å². The summed E-state index contributed by atoms with van der Waals surface area (Å²) in [6.07, 6.45) is -0.0688. The summed E-state index contributed by atoms with van der Waals surface area (Å²) in [6.45, 7) is 6.58. The maximum absolute atomic E-state index is 13.7. The van der Waals surface area contributed by atoms with Crippen LogP contribution in [0, 0.1) is 5.82 Å². The van der Waals surface area contributed by atoms with E-state index < -0.39 is 5.82 Å². The highest BCUT2D eigenvalue weighted by atomic mass is 19.1. The van der Waals surface area contributed by atoms with E-state index in [1.54, 1.807) is 6.07 Å². The summed E-state index contributed by atoms with van der Waals surface area (Å²) in [5.74, 6) is -0.168. The van der Waals surface area contributed by atoms with Gasteiger partial charge in [-0.05, 0) is 13.8 Å². The normalized spacial score (nSPS) is 16.1. The fraction of sp³-hybridized carbons (Fsp3) is 0.538. The minimum Gasteiger partial charge on any atom is -0.488 e. The van der Waals surface area contributed by atoms with E-state index in [1.807, 2.05) is 13.8 Å². The summed E-state index contributed by atoms with van der Waals surface area (Å²) in [4.78, 5) is 2.09. The van der Waals surface area contributed by atoms with E-state index in [-0.39, 0.29) is 11.9 Å². The topological polar surface area (TPSA) is 47.7 Å². The summed E-state index contributed by atoms with van der Waals surface area (Å²) in [5, 5.41) is 0. The Kier molecular flexibility index (Phi) is 3.91. The van der Waals surface area contributed by atoms with Crippen LogP contribution >= 0.6 is 0 Å². The van der Waals surface area contributed by atoms with Crippen molar-refractivity contribution in [3.63, 3.8) is 0 Å². The van der Waals surface area contributed by atoms with E-state index in [2.05, 4.69) is 4.90 Å². The van der Waals surface area contributed by atoms with Crippen LogP contribution in [0.2, 0.25) is 0 Å². The molecule has 0 aliphatic carbocycles. The first-order valence-corrected chi connectivity index (χ1v) is 6.16. The van der Waals surface area contributed by atoms with Crippen LogP contribution in [0.4, 0.5) is 15.8 Å². The molecule has 18 heavy (non-hydrogen) atoms. The second kappa shape index (κ2) is 5.44. The summed E-state index contributed by atoms with van der Waals surface area (Å²) in [6, 6.07) is 3.00. The number of rotatable bonds is 3. The Morgan fingerprint density at radius 2 is 2.00 bits per heavy atom. The monoisotopic (exact) mass is 254 g/mol. The molecule has 1 aromatic rings. The molecule has 2 rings (SSSR count). The average Bonchev–Trinajstić information content (AvgIpc) is 2.33. The molecule has 1 aliphatic heterocycles. The Morgan fingerprint density at radius 3 is 2.61 bits per heavy atom. The number of halogens is 1. The van der Waals surface area contributed by atoms with Crippen LogP contribution in [0.5, 0.6) is 5.75 Å². The Morgan fingerprint density at radius 1 is 1.33 bits per heavy atom. The highest BCUT2D eigenvalue weighted by molar-refractivity contribution is 5.70. The molecule has 1 saturated heterocycles. The summed E-state index contributed by atoms with van der Waals surface area (Å²) < 4.78 is 24.4. The lowest BCUT2D eigenvalue weighted by Crippen LogP contribution is -2.36. The van der Waals surface area contributed by atoms with Crippen molar-refractivity contribution >= 4 is 11.4 Å². The molecule has 1 heterocycles. The van der Waals surface area contributed by atoms with Gasteiger partial charge in [-0.25, -0.2) is 4.39 Å². The number of ether oxygens (including phenoxy) is 2. The van der Waals surface area contributed by atoms with Gasteiger partial charge in [0.1, 0.15) is 0 Å². The predicted molar refractivity (Wildman–Crippen MR) is 69.6 cm³/mol. The van der Waals surface area contributed by atoms with Gasteiger partial charge in [-0.3, -0.25) is 0 Å². The van der Waals surface area contributed by atoms with Gasteiger partial charge in [-0.15, -0.1) is 0 Å². The van der Waals surface area contributed by atoms with Gasteiger partial charge in [0.2, 0.25) is 0 Å². The van der Waals surface area contributed by atoms with Crippen LogP contribution in [-0.4, -0.2) is 32.4 Å². The molecule has 0 amide bonds. The van der Waals surface area contributed by atoms with E-state index in [4.69, 9.17) is 15.2 Å².